The second-order valence-electron chi connectivity index (χ2n) is 2.85. The molecule has 0 aromatic heterocycles. The fourth-order valence-corrected chi connectivity index (χ4v) is 2.01. The molecule has 10 heavy (non-hydrogen) atoms. The van der Waals surface area contributed by atoms with Crippen molar-refractivity contribution in [2.45, 2.75) is 19.4 Å². The van der Waals surface area contributed by atoms with Crippen LogP contribution in [0, 0.1) is 5.92 Å². The number of hydrogen-bond donors (Lipinski definition) is 1. The number of carbonyl (C=O) groups is 1. The van der Waals surface area contributed by atoms with Gasteiger partial charge in [-0.2, -0.15) is 0 Å². The zero-order valence-corrected chi connectivity index (χ0v) is 7.23. The van der Waals surface area contributed by atoms with Crippen LogP contribution in [0.3, 0.4) is 0 Å². The molecular weight excluding hydrogens is 147 g/mol. The van der Waals surface area contributed by atoms with Crippen molar-refractivity contribution in [3.8, 4) is 0 Å². The van der Waals surface area contributed by atoms with Gasteiger partial charge >= 0.3 is 0 Å². The van der Waals surface area contributed by atoms with Crippen LogP contribution in [0.15, 0.2) is 0 Å². The van der Waals surface area contributed by atoms with Crippen LogP contribution in [-0.4, -0.2) is 23.2 Å². The average Bonchev–Trinajstić information content (AvgIpc) is 2.11. The number of primary amides is 1. The lowest BCUT2D eigenvalue weighted by Gasteiger charge is -2.17. The van der Waals surface area contributed by atoms with Crippen molar-refractivity contribution in [3.63, 3.8) is 0 Å². The lowest BCUT2D eigenvalue weighted by molar-refractivity contribution is -0.121. The Morgan fingerprint density at radius 1 is 1.80 bits per heavy atom. The Kier molecular flexibility index (Phi) is 2.27. The third kappa shape index (κ3) is 1.30. The molecule has 1 heterocycles. The van der Waals surface area contributed by atoms with Gasteiger partial charge in [-0.15, -0.1) is 0 Å². The lowest BCUT2D eigenvalue weighted by atomic mass is 10.0. The molecule has 0 spiro atoms. The minimum atomic E-state index is -0.208. The van der Waals surface area contributed by atoms with Gasteiger partial charge in [0.15, 0.2) is 0 Å². The first-order chi connectivity index (χ1) is 4.63. The highest BCUT2D eigenvalue weighted by atomic mass is 31.0. The highest BCUT2D eigenvalue weighted by Gasteiger charge is 2.32. The van der Waals surface area contributed by atoms with Gasteiger partial charge in [-0.1, -0.05) is 16.3 Å². The average molecular weight is 160 g/mol. The van der Waals surface area contributed by atoms with Gasteiger partial charge in [-0.05, 0) is 12.3 Å². The standard InChI is InChI=1S/C6H13N2OP/c1-4-2-3-8(10)5(4)6(7)9/h4-5H,2-3,10H2,1H3,(H2,7,9)/t4?,5-/m0/s1. The van der Waals surface area contributed by atoms with Crippen molar-refractivity contribution in [1.82, 2.24) is 4.67 Å². The van der Waals surface area contributed by atoms with Crippen LogP contribution in [0.4, 0.5) is 0 Å². The summed E-state index contributed by atoms with van der Waals surface area (Å²) in [7, 11) is 2.54. The van der Waals surface area contributed by atoms with E-state index in [1.54, 1.807) is 0 Å². The van der Waals surface area contributed by atoms with Gasteiger partial charge in [-0.25, -0.2) is 0 Å². The molecule has 2 N–H and O–H groups in total. The second-order valence-corrected chi connectivity index (χ2v) is 3.51. The largest absolute Gasteiger partial charge is 0.368 e. The number of amides is 1. The number of carbonyl (C=O) groups excluding carboxylic acids is 1. The number of hydrogen-bond acceptors (Lipinski definition) is 2. The zero-order valence-electron chi connectivity index (χ0n) is 6.08. The van der Waals surface area contributed by atoms with Crippen molar-refractivity contribution in [3.05, 3.63) is 0 Å². The highest BCUT2D eigenvalue weighted by Crippen LogP contribution is 2.26. The first-order valence-corrected chi connectivity index (χ1v) is 3.95. The van der Waals surface area contributed by atoms with E-state index < -0.39 is 0 Å². The van der Waals surface area contributed by atoms with Crippen molar-refractivity contribution in [1.29, 1.82) is 0 Å². The van der Waals surface area contributed by atoms with Crippen molar-refractivity contribution < 1.29 is 4.79 Å². The predicted molar refractivity (Wildman–Crippen MR) is 43.2 cm³/mol. The maximum Gasteiger partial charge on any atom is 0.235 e. The van der Waals surface area contributed by atoms with Gasteiger partial charge in [0.05, 0.1) is 6.04 Å². The maximum absolute atomic E-state index is 10.8. The van der Waals surface area contributed by atoms with Gasteiger partial charge in [0.2, 0.25) is 5.91 Å². The van der Waals surface area contributed by atoms with Gasteiger partial charge in [0.1, 0.15) is 0 Å². The minimum absolute atomic E-state index is 0.0648. The molecule has 1 saturated heterocycles. The van der Waals surface area contributed by atoms with Crippen LogP contribution < -0.4 is 5.73 Å². The Bertz CT molecular complexity index is 141. The van der Waals surface area contributed by atoms with Crippen LogP contribution in [-0.2, 0) is 4.79 Å². The van der Waals surface area contributed by atoms with Crippen molar-refractivity contribution in [2.75, 3.05) is 6.54 Å². The molecule has 2 unspecified atom stereocenters. The molecule has 1 amide bonds. The van der Waals surface area contributed by atoms with Crippen LogP contribution in [0.25, 0.3) is 0 Å². The van der Waals surface area contributed by atoms with E-state index in [1.165, 1.54) is 0 Å². The summed E-state index contributed by atoms with van der Waals surface area (Å²) < 4.78 is 1.94. The van der Waals surface area contributed by atoms with Crippen LogP contribution in [0.5, 0.6) is 0 Å². The molecule has 1 rings (SSSR count). The number of nitrogens with zero attached hydrogens (tertiary/aromatic N) is 1. The predicted octanol–water partition coefficient (Wildman–Crippen LogP) is -0.0278. The molecule has 1 aliphatic heterocycles. The third-order valence-electron chi connectivity index (χ3n) is 2.03. The molecule has 3 atom stereocenters. The quantitative estimate of drug-likeness (QED) is 0.547. The molecule has 3 nitrogen and oxygen atoms in total. The highest BCUT2D eigenvalue weighted by molar-refractivity contribution is 7.13. The van der Waals surface area contributed by atoms with Gasteiger partial charge < -0.3 is 5.73 Å². The first-order valence-electron chi connectivity index (χ1n) is 3.43. The molecule has 0 aromatic carbocycles. The van der Waals surface area contributed by atoms with Gasteiger partial charge in [0.25, 0.3) is 0 Å². The molecule has 0 bridgehead atoms. The Balaban J connectivity index is 2.63. The summed E-state index contributed by atoms with van der Waals surface area (Å²) in [5.41, 5.74) is 5.18. The van der Waals surface area contributed by atoms with E-state index in [1.807, 2.05) is 4.67 Å². The Morgan fingerprint density at radius 2 is 2.40 bits per heavy atom. The fraction of sp³-hybridized carbons (Fsp3) is 0.833. The first kappa shape index (κ1) is 7.96. The van der Waals surface area contributed by atoms with Crippen LogP contribution in [0.1, 0.15) is 13.3 Å². The molecule has 1 fully saturated rings. The number of rotatable bonds is 1. The van der Waals surface area contributed by atoms with Crippen LogP contribution in [0.2, 0.25) is 0 Å². The van der Waals surface area contributed by atoms with E-state index in [-0.39, 0.29) is 11.9 Å². The van der Waals surface area contributed by atoms with E-state index in [9.17, 15) is 4.79 Å². The fourth-order valence-electron chi connectivity index (χ4n) is 1.42. The van der Waals surface area contributed by atoms with E-state index in [0.29, 0.717) is 5.92 Å². The van der Waals surface area contributed by atoms with Crippen LogP contribution >= 0.6 is 9.39 Å². The molecule has 1 aliphatic rings. The maximum atomic E-state index is 10.8. The Labute approximate surface area is 63.2 Å². The minimum Gasteiger partial charge on any atom is -0.368 e. The molecule has 4 heteroatoms. The molecule has 58 valence electrons. The van der Waals surface area contributed by atoms with E-state index in [2.05, 4.69) is 16.3 Å². The topological polar surface area (TPSA) is 46.3 Å². The third-order valence-corrected chi connectivity index (χ3v) is 2.61. The van der Waals surface area contributed by atoms with Gasteiger partial charge in [0, 0.05) is 6.54 Å². The molecule has 0 aromatic rings. The monoisotopic (exact) mass is 160 g/mol. The normalized spacial score (nSPS) is 34.6. The van der Waals surface area contributed by atoms with E-state index >= 15 is 0 Å². The zero-order chi connectivity index (χ0) is 7.72. The van der Waals surface area contributed by atoms with E-state index in [0.717, 1.165) is 13.0 Å². The van der Waals surface area contributed by atoms with E-state index in [4.69, 9.17) is 5.73 Å². The summed E-state index contributed by atoms with van der Waals surface area (Å²) >= 11 is 0. The summed E-state index contributed by atoms with van der Waals surface area (Å²) in [5.74, 6) is 0.204. The number of nitrogens with two attached hydrogens (primary N) is 1. The molecule has 0 radical (unpaired) electrons. The Hall–Kier alpha value is -0.140. The van der Waals surface area contributed by atoms with Crippen molar-refractivity contribution >= 4 is 15.3 Å². The SMILES string of the molecule is CC1CCN(P)[C@@H]1C(N)=O. The summed E-state index contributed by atoms with van der Waals surface area (Å²) in [4.78, 5) is 10.8. The summed E-state index contributed by atoms with van der Waals surface area (Å²) in [6.45, 7) is 3.01. The summed E-state index contributed by atoms with van der Waals surface area (Å²) in [6.07, 6.45) is 1.07. The summed E-state index contributed by atoms with van der Waals surface area (Å²) in [6, 6.07) is -0.0648. The molecule has 0 aliphatic carbocycles. The molecular formula is C6H13N2OP. The smallest absolute Gasteiger partial charge is 0.235 e. The second kappa shape index (κ2) is 2.85. The molecule has 0 saturated carbocycles. The summed E-state index contributed by atoms with van der Waals surface area (Å²) in [5, 5.41) is 0. The van der Waals surface area contributed by atoms with Gasteiger partial charge in [-0.3, -0.25) is 9.46 Å². The Morgan fingerprint density at radius 3 is 2.60 bits per heavy atom. The van der Waals surface area contributed by atoms with Crippen molar-refractivity contribution in [2.24, 2.45) is 11.7 Å². The lowest BCUT2D eigenvalue weighted by Crippen LogP contribution is -2.38.